The van der Waals surface area contributed by atoms with Gasteiger partial charge in [-0.15, -0.1) is 11.3 Å². The number of carbonyl (C=O) groups excluding carboxylic acids is 2. The molecule has 0 saturated carbocycles. The number of hydrogen-bond donors (Lipinski definition) is 2. The van der Waals surface area contributed by atoms with Crippen molar-refractivity contribution in [1.82, 2.24) is 10.2 Å². The van der Waals surface area contributed by atoms with E-state index in [4.69, 9.17) is 10.5 Å². The van der Waals surface area contributed by atoms with E-state index in [-0.39, 0.29) is 17.9 Å². The van der Waals surface area contributed by atoms with Crippen LogP contribution in [-0.4, -0.2) is 55.1 Å². The Bertz CT molecular complexity index is 499. The fourth-order valence-corrected chi connectivity index (χ4v) is 3.21. The number of nitrogens with zero attached hydrogens (tertiary/aromatic N) is 1. The maximum atomic E-state index is 12.4. The summed E-state index contributed by atoms with van der Waals surface area (Å²) >= 11 is 1.37. The molecule has 1 aliphatic rings. The Morgan fingerprint density at radius 1 is 1.48 bits per heavy atom. The number of amides is 2. The molecule has 1 aliphatic heterocycles. The average molecular weight is 339 g/mol. The maximum absolute atomic E-state index is 12.4. The molecule has 1 aromatic rings. The van der Waals surface area contributed by atoms with Crippen LogP contribution in [0.1, 0.15) is 35.9 Å². The Labute approximate surface area is 141 Å². The molecule has 0 bridgehead atoms. The summed E-state index contributed by atoms with van der Waals surface area (Å²) in [4.78, 5) is 26.9. The van der Waals surface area contributed by atoms with Crippen LogP contribution in [0, 0.1) is 0 Å². The second kappa shape index (κ2) is 9.00. The van der Waals surface area contributed by atoms with Crippen molar-refractivity contribution in [3.8, 4) is 0 Å². The average Bonchev–Trinajstić information content (AvgIpc) is 3.09. The van der Waals surface area contributed by atoms with E-state index in [1.165, 1.54) is 11.3 Å². The molecule has 0 radical (unpaired) electrons. The molecule has 0 aromatic carbocycles. The lowest BCUT2D eigenvalue weighted by Gasteiger charge is -2.33. The van der Waals surface area contributed by atoms with Crippen LogP contribution in [0.4, 0.5) is 0 Å². The topological polar surface area (TPSA) is 84.7 Å². The molecule has 1 unspecified atom stereocenters. The Morgan fingerprint density at radius 2 is 2.22 bits per heavy atom. The van der Waals surface area contributed by atoms with Gasteiger partial charge in [-0.3, -0.25) is 9.59 Å². The molecule has 0 aliphatic carbocycles. The van der Waals surface area contributed by atoms with Gasteiger partial charge in [0.2, 0.25) is 5.91 Å². The minimum Gasteiger partial charge on any atom is -0.378 e. The third-order valence-corrected chi connectivity index (χ3v) is 4.79. The van der Waals surface area contributed by atoms with Crippen molar-refractivity contribution in [1.29, 1.82) is 0 Å². The monoisotopic (exact) mass is 339 g/mol. The number of nitrogens with two attached hydrogens (primary N) is 1. The normalized spacial score (nSPS) is 17.0. The third-order valence-electron chi connectivity index (χ3n) is 3.92. The molecule has 7 heteroatoms. The highest BCUT2D eigenvalue weighted by Crippen LogP contribution is 2.15. The number of nitrogens with one attached hydrogen (secondary N) is 1. The molecular formula is C16H25N3O3S. The van der Waals surface area contributed by atoms with Crippen molar-refractivity contribution in [2.75, 3.05) is 26.2 Å². The first-order valence-electron chi connectivity index (χ1n) is 8.06. The van der Waals surface area contributed by atoms with Crippen LogP contribution in [0.2, 0.25) is 0 Å². The molecule has 128 valence electrons. The molecule has 2 amide bonds. The van der Waals surface area contributed by atoms with Crippen molar-refractivity contribution in [3.05, 3.63) is 22.4 Å². The van der Waals surface area contributed by atoms with E-state index in [9.17, 15) is 9.59 Å². The smallest absolute Gasteiger partial charge is 0.261 e. The van der Waals surface area contributed by atoms with Gasteiger partial charge in [-0.2, -0.15) is 0 Å². The summed E-state index contributed by atoms with van der Waals surface area (Å²) in [5.41, 5.74) is 5.45. The summed E-state index contributed by atoms with van der Waals surface area (Å²) in [6.45, 7) is 4.40. The number of piperidine rings is 1. The zero-order valence-electron chi connectivity index (χ0n) is 13.5. The van der Waals surface area contributed by atoms with Crippen LogP contribution in [0.15, 0.2) is 17.5 Å². The van der Waals surface area contributed by atoms with Crippen LogP contribution in [-0.2, 0) is 9.53 Å². The van der Waals surface area contributed by atoms with Crippen molar-refractivity contribution >= 4 is 23.2 Å². The lowest BCUT2D eigenvalue weighted by molar-refractivity contribution is -0.135. The first-order chi connectivity index (χ1) is 11.1. The number of likely N-dealkylation sites (tertiary alicyclic amines) is 1. The lowest BCUT2D eigenvalue weighted by atomic mass is 10.1. The zero-order chi connectivity index (χ0) is 16.7. The van der Waals surface area contributed by atoms with Crippen LogP contribution in [0.5, 0.6) is 0 Å². The minimum atomic E-state index is -0.515. The summed E-state index contributed by atoms with van der Waals surface area (Å²) in [5.74, 6) is -0.226. The van der Waals surface area contributed by atoms with E-state index in [1.807, 2.05) is 16.3 Å². The van der Waals surface area contributed by atoms with Crippen LogP contribution >= 0.6 is 11.3 Å². The third kappa shape index (κ3) is 5.30. The summed E-state index contributed by atoms with van der Waals surface area (Å²) in [7, 11) is 0. The predicted octanol–water partition coefficient (Wildman–Crippen LogP) is 1.22. The first-order valence-corrected chi connectivity index (χ1v) is 8.94. The van der Waals surface area contributed by atoms with E-state index in [0.717, 1.165) is 19.3 Å². The molecule has 23 heavy (non-hydrogen) atoms. The second-order valence-electron chi connectivity index (χ2n) is 5.71. The number of ether oxygens (including phenoxy) is 1. The van der Waals surface area contributed by atoms with E-state index >= 15 is 0 Å². The van der Waals surface area contributed by atoms with Gasteiger partial charge in [0, 0.05) is 19.7 Å². The Kier molecular flexibility index (Phi) is 7.01. The van der Waals surface area contributed by atoms with E-state index < -0.39 is 6.04 Å². The van der Waals surface area contributed by atoms with Crippen molar-refractivity contribution in [2.24, 2.45) is 5.73 Å². The number of thiophene rings is 1. The highest BCUT2D eigenvalue weighted by molar-refractivity contribution is 7.12. The standard InChI is InChI=1S/C16H25N3O3S/c1-12(18-15(20)14-4-2-11-23-14)16(21)19-8-5-13(6-9-19)22-10-3-7-17/h2,4,11-13H,3,5-10,17H2,1H3,(H,18,20). The summed E-state index contributed by atoms with van der Waals surface area (Å²) in [6.07, 6.45) is 2.75. The highest BCUT2D eigenvalue weighted by Gasteiger charge is 2.27. The lowest BCUT2D eigenvalue weighted by Crippen LogP contribution is -2.50. The molecular weight excluding hydrogens is 314 g/mol. The quantitative estimate of drug-likeness (QED) is 0.732. The van der Waals surface area contributed by atoms with Crippen LogP contribution in [0.25, 0.3) is 0 Å². The van der Waals surface area contributed by atoms with Gasteiger partial charge < -0.3 is 20.7 Å². The molecule has 3 N–H and O–H groups in total. The zero-order valence-corrected chi connectivity index (χ0v) is 14.3. The predicted molar refractivity (Wildman–Crippen MR) is 90.5 cm³/mol. The second-order valence-corrected chi connectivity index (χ2v) is 6.66. The molecule has 1 aromatic heterocycles. The molecule has 2 heterocycles. The summed E-state index contributed by atoms with van der Waals surface area (Å²) in [6, 6.07) is 3.06. The molecule has 1 fully saturated rings. The minimum absolute atomic E-state index is 0.0321. The molecule has 6 nitrogen and oxygen atoms in total. The van der Waals surface area contributed by atoms with Crippen molar-refractivity contribution < 1.29 is 14.3 Å². The summed E-state index contributed by atoms with van der Waals surface area (Å²) in [5, 5.41) is 4.61. The molecule has 1 atom stereocenters. The fraction of sp³-hybridized carbons (Fsp3) is 0.625. The van der Waals surface area contributed by atoms with Crippen LogP contribution < -0.4 is 11.1 Å². The van der Waals surface area contributed by atoms with E-state index in [1.54, 1.807) is 13.0 Å². The van der Waals surface area contributed by atoms with Gasteiger partial charge in [-0.05, 0) is 44.2 Å². The van der Waals surface area contributed by atoms with Gasteiger partial charge in [0.05, 0.1) is 11.0 Å². The molecule has 0 spiro atoms. The van der Waals surface area contributed by atoms with Gasteiger partial charge in [0.15, 0.2) is 0 Å². The van der Waals surface area contributed by atoms with Gasteiger partial charge in [0.25, 0.3) is 5.91 Å². The first kappa shape index (κ1) is 17.9. The summed E-state index contributed by atoms with van der Waals surface area (Å²) < 4.78 is 5.74. The van der Waals surface area contributed by atoms with E-state index in [2.05, 4.69) is 5.32 Å². The van der Waals surface area contributed by atoms with Gasteiger partial charge in [-0.1, -0.05) is 6.07 Å². The number of hydrogen-bond acceptors (Lipinski definition) is 5. The Hall–Kier alpha value is -1.44. The Balaban J connectivity index is 1.74. The number of rotatable bonds is 7. The molecule has 1 saturated heterocycles. The number of carbonyl (C=O) groups is 2. The van der Waals surface area contributed by atoms with Crippen LogP contribution in [0.3, 0.4) is 0 Å². The van der Waals surface area contributed by atoms with Gasteiger partial charge >= 0.3 is 0 Å². The SMILES string of the molecule is CC(NC(=O)c1cccs1)C(=O)N1CCC(OCCCN)CC1. The molecule has 2 rings (SSSR count). The van der Waals surface area contributed by atoms with E-state index in [0.29, 0.717) is 31.1 Å². The van der Waals surface area contributed by atoms with Crippen molar-refractivity contribution in [3.63, 3.8) is 0 Å². The van der Waals surface area contributed by atoms with Gasteiger partial charge in [-0.25, -0.2) is 0 Å². The Morgan fingerprint density at radius 3 is 2.83 bits per heavy atom. The maximum Gasteiger partial charge on any atom is 0.261 e. The highest BCUT2D eigenvalue weighted by atomic mass is 32.1. The van der Waals surface area contributed by atoms with Gasteiger partial charge in [0.1, 0.15) is 6.04 Å². The fourth-order valence-electron chi connectivity index (χ4n) is 2.59. The van der Waals surface area contributed by atoms with Crippen molar-refractivity contribution in [2.45, 2.75) is 38.3 Å². The largest absolute Gasteiger partial charge is 0.378 e.